The standard InChI is InChI=1S/C9H14FN3O/c1-6(5-14)7(2)12-8-3-4-11-9(10)13-8/h3-4,6-7,14H,5H2,1-2H3,(H,11,12,13). The molecule has 0 fully saturated rings. The maximum atomic E-state index is 12.6. The first-order chi connectivity index (χ1) is 6.63. The largest absolute Gasteiger partial charge is 0.396 e. The summed E-state index contributed by atoms with van der Waals surface area (Å²) < 4.78 is 12.6. The molecule has 1 heterocycles. The lowest BCUT2D eigenvalue weighted by molar-refractivity contribution is 0.226. The fourth-order valence-corrected chi connectivity index (χ4v) is 0.949. The first-order valence-corrected chi connectivity index (χ1v) is 4.49. The van der Waals surface area contributed by atoms with Crippen LogP contribution < -0.4 is 5.32 Å². The maximum absolute atomic E-state index is 12.6. The number of halogens is 1. The highest BCUT2D eigenvalue weighted by molar-refractivity contribution is 5.33. The monoisotopic (exact) mass is 199 g/mol. The average molecular weight is 199 g/mol. The van der Waals surface area contributed by atoms with Crippen molar-refractivity contribution in [3.05, 3.63) is 18.3 Å². The summed E-state index contributed by atoms with van der Waals surface area (Å²) in [5.74, 6) is 0.526. The lowest BCUT2D eigenvalue weighted by atomic mass is 10.1. The van der Waals surface area contributed by atoms with Crippen LogP contribution in [0.5, 0.6) is 0 Å². The molecular weight excluding hydrogens is 185 g/mol. The third kappa shape index (κ3) is 2.92. The van der Waals surface area contributed by atoms with Crippen LogP contribution in [0, 0.1) is 12.0 Å². The van der Waals surface area contributed by atoms with Crippen molar-refractivity contribution < 1.29 is 9.50 Å². The molecule has 2 unspecified atom stereocenters. The van der Waals surface area contributed by atoms with Crippen LogP contribution in [0.4, 0.5) is 10.2 Å². The van der Waals surface area contributed by atoms with Gasteiger partial charge in [0.15, 0.2) is 0 Å². The quantitative estimate of drug-likeness (QED) is 0.711. The Morgan fingerprint density at radius 3 is 2.86 bits per heavy atom. The van der Waals surface area contributed by atoms with Gasteiger partial charge in [0.25, 0.3) is 0 Å². The first-order valence-electron chi connectivity index (χ1n) is 4.49. The minimum Gasteiger partial charge on any atom is -0.396 e. The Labute approximate surface area is 82.2 Å². The zero-order chi connectivity index (χ0) is 10.6. The number of rotatable bonds is 4. The van der Waals surface area contributed by atoms with E-state index in [4.69, 9.17) is 5.11 Å². The maximum Gasteiger partial charge on any atom is 0.310 e. The molecular formula is C9H14FN3O. The van der Waals surface area contributed by atoms with E-state index in [0.717, 1.165) is 0 Å². The molecule has 1 aromatic heterocycles. The van der Waals surface area contributed by atoms with Crippen LogP contribution in [0.25, 0.3) is 0 Å². The second kappa shape index (κ2) is 4.85. The van der Waals surface area contributed by atoms with Crippen LogP contribution in [0.1, 0.15) is 13.8 Å². The average Bonchev–Trinajstić information content (AvgIpc) is 2.16. The third-order valence-corrected chi connectivity index (χ3v) is 2.14. The molecule has 0 saturated carbocycles. The van der Waals surface area contributed by atoms with Crippen LogP contribution in [-0.2, 0) is 0 Å². The molecule has 0 aliphatic rings. The first kappa shape index (κ1) is 10.8. The van der Waals surface area contributed by atoms with Crippen molar-refractivity contribution in [2.45, 2.75) is 19.9 Å². The molecule has 78 valence electrons. The van der Waals surface area contributed by atoms with E-state index in [2.05, 4.69) is 15.3 Å². The fraction of sp³-hybridized carbons (Fsp3) is 0.556. The van der Waals surface area contributed by atoms with Crippen molar-refractivity contribution in [3.8, 4) is 0 Å². The molecule has 1 aromatic rings. The van der Waals surface area contributed by atoms with Gasteiger partial charge in [-0.05, 0) is 18.9 Å². The predicted octanol–water partition coefficient (Wildman–Crippen LogP) is 1.04. The van der Waals surface area contributed by atoms with E-state index in [1.165, 1.54) is 6.20 Å². The molecule has 1 rings (SSSR count). The third-order valence-electron chi connectivity index (χ3n) is 2.14. The SMILES string of the molecule is CC(CO)C(C)Nc1ccnc(F)n1. The molecule has 5 heteroatoms. The Hall–Kier alpha value is -1.23. The van der Waals surface area contributed by atoms with Crippen molar-refractivity contribution in [1.82, 2.24) is 9.97 Å². The number of hydrogen-bond acceptors (Lipinski definition) is 4. The Bertz CT molecular complexity index is 295. The minimum atomic E-state index is -0.751. The summed E-state index contributed by atoms with van der Waals surface area (Å²) in [5, 5.41) is 11.9. The second-order valence-corrected chi connectivity index (χ2v) is 3.30. The van der Waals surface area contributed by atoms with Crippen LogP contribution in [0.3, 0.4) is 0 Å². The fourth-order valence-electron chi connectivity index (χ4n) is 0.949. The lowest BCUT2D eigenvalue weighted by Gasteiger charge is -2.19. The number of anilines is 1. The summed E-state index contributed by atoms with van der Waals surface area (Å²) in [6.07, 6.45) is 0.597. The number of aliphatic hydroxyl groups excluding tert-OH is 1. The molecule has 4 nitrogen and oxygen atoms in total. The summed E-state index contributed by atoms with van der Waals surface area (Å²) in [5.41, 5.74) is 0. The molecule has 0 aliphatic carbocycles. The molecule has 2 atom stereocenters. The summed E-state index contributed by atoms with van der Waals surface area (Å²) in [7, 11) is 0. The van der Waals surface area contributed by atoms with E-state index >= 15 is 0 Å². The summed E-state index contributed by atoms with van der Waals surface area (Å²) >= 11 is 0. The van der Waals surface area contributed by atoms with Gasteiger partial charge < -0.3 is 10.4 Å². The number of aromatic nitrogens is 2. The van der Waals surface area contributed by atoms with Crippen molar-refractivity contribution >= 4 is 5.82 Å². The van der Waals surface area contributed by atoms with Gasteiger partial charge >= 0.3 is 6.08 Å². The summed E-state index contributed by atoms with van der Waals surface area (Å²) in [4.78, 5) is 6.90. The minimum absolute atomic E-state index is 0.0364. The number of nitrogens with zero attached hydrogens (tertiary/aromatic N) is 2. The molecule has 0 saturated heterocycles. The van der Waals surface area contributed by atoms with E-state index < -0.39 is 6.08 Å². The van der Waals surface area contributed by atoms with Gasteiger partial charge in [0, 0.05) is 18.8 Å². The molecule has 0 radical (unpaired) electrons. The van der Waals surface area contributed by atoms with Gasteiger partial charge in [0.2, 0.25) is 0 Å². The van der Waals surface area contributed by atoms with Crippen LogP contribution in [-0.4, -0.2) is 27.7 Å². The molecule has 14 heavy (non-hydrogen) atoms. The lowest BCUT2D eigenvalue weighted by Crippen LogP contribution is -2.26. The van der Waals surface area contributed by atoms with Crippen LogP contribution in [0.15, 0.2) is 12.3 Å². The molecule has 0 spiro atoms. The van der Waals surface area contributed by atoms with Gasteiger partial charge in [-0.2, -0.15) is 9.37 Å². The number of hydrogen-bond donors (Lipinski definition) is 2. The molecule has 0 aromatic carbocycles. The van der Waals surface area contributed by atoms with Crippen molar-refractivity contribution in [1.29, 1.82) is 0 Å². The highest BCUT2D eigenvalue weighted by Crippen LogP contribution is 2.09. The Kier molecular flexibility index (Phi) is 3.76. The van der Waals surface area contributed by atoms with Gasteiger partial charge in [-0.3, -0.25) is 0 Å². The number of nitrogens with one attached hydrogen (secondary N) is 1. The van der Waals surface area contributed by atoms with Crippen molar-refractivity contribution in [2.75, 3.05) is 11.9 Å². The molecule has 0 amide bonds. The van der Waals surface area contributed by atoms with E-state index in [-0.39, 0.29) is 18.6 Å². The van der Waals surface area contributed by atoms with Crippen LogP contribution in [0.2, 0.25) is 0 Å². The van der Waals surface area contributed by atoms with Gasteiger partial charge in [-0.1, -0.05) is 6.92 Å². The van der Waals surface area contributed by atoms with Crippen molar-refractivity contribution in [3.63, 3.8) is 0 Å². The van der Waals surface area contributed by atoms with Gasteiger partial charge in [-0.25, -0.2) is 4.98 Å². The molecule has 0 bridgehead atoms. The zero-order valence-corrected chi connectivity index (χ0v) is 8.24. The van der Waals surface area contributed by atoms with Crippen LogP contribution >= 0.6 is 0 Å². The van der Waals surface area contributed by atoms with Gasteiger partial charge in [0.1, 0.15) is 5.82 Å². The predicted molar refractivity (Wildman–Crippen MR) is 51.3 cm³/mol. The van der Waals surface area contributed by atoms with Gasteiger partial charge in [-0.15, -0.1) is 0 Å². The topological polar surface area (TPSA) is 58.0 Å². The van der Waals surface area contributed by atoms with E-state index in [1.54, 1.807) is 6.07 Å². The van der Waals surface area contributed by atoms with E-state index in [0.29, 0.717) is 5.82 Å². The Balaban J connectivity index is 2.60. The smallest absolute Gasteiger partial charge is 0.310 e. The highest BCUT2D eigenvalue weighted by atomic mass is 19.1. The second-order valence-electron chi connectivity index (χ2n) is 3.30. The van der Waals surface area contributed by atoms with E-state index in [9.17, 15) is 4.39 Å². The molecule has 0 aliphatic heterocycles. The van der Waals surface area contributed by atoms with Gasteiger partial charge in [0.05, 0.1) is 0 Å². The normalized spacial score (nSPS) is 14.9. The summed E-state index contributed by atoms with van der Waals surface area (Å²) in [6.45, 7) is 3.89. The van der Waals surface area contributed by atoms with E-state index in [1.807, 2.05) is 13.8 Å². The highest BCUT2D eigenvalue weighted by Gasteiger charge is 2.11. The van der Waals surface area contributed by atoms with Crippen molar-refractivity contribution in [2.24, 2.45) is 5.92 Å². The Morgan fingerprint density at radius 1 is 1.57 bits per heavy atom. The zero-order valence-electron chi connectivity index (χ0n) is 8.24. The number of aliphatic hydroxyl groups is 1. The summed E-state index contributed by atoms with van der Waals surface area (Å²) in [6, 6.07) is 1.62. The molecule has 2 N–H and O–H groups in total. The Morgan fingerprint density at radius 2 is 2.29 bits per heavy atom.